The molecule has 3 aromatic rings. The number of fused-ring (bicyclic) bond motifs is 1. The number of carbonyl (C=O) groups is 1. The summed E-state index contributed by atoms with van der Waals surface area (Å²) >= 11 is 1.10. The van der Waals surface area contributed by atoms with Crippen molar-refractivity contribution in [3.8, 4) is 0 Å². The van der Waals surface area contributed by atoms with Gasteiger partial charge in [0.15, 0.2) is 0 Å². The van der Waals surface area contributed by atoms with Gasteiger partial charge >= 0.3 is 5.69 Å². The third kappa shape index (κ3) is 2.23. The lowest BCUT2D eigenvalue weighted by Gasteiger charge is -2.02. The predicted octanol–water partition coefficient (Wildman–Crippen LogP) is 0.946. The van der Waals surface area contributed by atoms with Crippen LogP contribution in [0.5, 0.6) is 0 Å². The molecule has 3 heterocycles. The van der Waals surface area contributed by atoms with Crippen LogP contribution in [-0.2, 0) is 14.1 Å². The maximum atomic E-state index is 12.2. The Hall–Kier alpha value is -2.74. The van der Waals surface area contributed by atoms with E-state index in [1.807, 2.05) is 0 Å². The van der Waals surface area contributed by atoms with Gasteiger partial charge in [-0.05, 0) is 18.2 Å². The molecule has 0 atom stereocenters. The summed E-state index contributed by atoms with van der Waals surface area (Å²) in [6.07, 6.45) is 1.57. The number of hydrogen-bond acceptors (Lipinski definition) is 5. The van der Waals surface area contributed by atoms with Crippen molar-refractivity contribution in [1.82, 2.24) is 14.1 Å². The van der Waals surface area contributed by atoms with E-state index >= 15 is 0 Å². The van der Waals surface area contributed by atoms with Crippen molar-refractivity contribution in [3.05, 3.63) is 56.2 Å². The average molecular weight is 316 g/mol. The standard InChI is InChI=1S/C14H12N4O3S/c1-17-12(20)8-7-9(22-13(8)18(2)14(17)21)11(19)16-10-5-3-4-6-15-10/h3-7H,1-2H3,(H,15,16,19). The van der Waals surface area contributed by atoms with Gasteiger partial charge in [-0.15, -0.1) is 11.3 Å². The highest BCUT2D eigenvalue weighted by Crippen LogP contribution is 2.22. The molecule has 112 valence electrons. The van der Waals surface area contributed by atoms with Crippen molar-refractivity contribution in [1.29, 1.82) is 0 Å². The first-order valence-corrected chi connectivity index (χ1v) is 7.22. The normalized spacial score (nSPS) is 10.8. The number of hydrogen-bond donors (Lipinski definition) is 1. The Morgan fingerprint density at radius 1 is 1.23 bits per heavy atom. The van der Waals surface area contributed by atoms with Crippen molar-refractivity contribution >= 4 is 33.3 Å². The Balaban J connectivity index is 2.08. The number of nitrogens with one attached hydrogen (secondary N) is 1. The molecule has 0 aromatic carbocycles. The quantitative estimate of drug-likeness (QED) is 0.762. The molecule has 0 bridgehead atoms. The Morgan fingerprint density at radius 2 is 2.00 bits per heavy atom. The zero-order chi connectivity index (χ0) is 15.9. The highest BCUT2D eigenvalue weighted by atomic mass is 32.1. The highest BCUT2D eigenvalue weighted by Gasteiger charge is 2.16. The lowest BCUT2D eigenvalue weighted by atomic mass is 10.3. The van der Waals surface area contributed by atoms with Crippen LogP contribution in [0, 0.1) is 0 Å². The predicted molar refractivity (Wildman–Crippen MR) is 84.5 cm³/mol. The highest BCUT2D eigenvalue weighted by molar-refractivity contribution is 7.20. The van der Waals surface area contributed by atoms with Gasteiger partial charge in [-0.1, -0.05) is 6.07 Å². The number of aryl methyl sites for hydroxylation is 1. The van der Waals surface area contributed by atoms with E-state index in [1.54, 1.807) is 31.4 Å². The van der Waals surface area contributed by atoms with Crippen molar-refractivity contribution in [2.75, 3.05) is 5.32 Å². The van der Waals surface area contributed by atoms with Crippen molar-refractivity contribution < 1.29 is 4.79 Å². The summed E-state index contributed by atoms with van der Waals surface area (Å²) in [5, 5.41) is 3.00. The first-order valence-electron chi connectivity index (χ1n) is 6.41. The fourth-order valence-electron chi connectivity index (χ4n) is 2.09. The number of anilines is 1. The molecule has 0 unspecified atom stereocenters. The second kappa shape index (κ2) is 5.23. The fraction of sp³-hybridized carbons (Fsp3) is 0.143. The van der Waals surface area contributed by atoms with Crippen LogP contribution in [0.3, 0.4) is 0 Å². The lowest BCUT2D eigenvalue weighted by molar-refractivity contribution is 0.103. The molecule has 0 aliphatic rings. The zero-order valence-corrected chi connectivity index (χ0v) is 12.7. The Bertz CT molecular complexity index is 985. The van der Waals surface area contributed by atoms with Crippen LogP contribution in [0.4, 0.5) is 5.82 Å². The van der Waals surface area contributed by atoms with Gasteiger partial charge in [-0.2, -0.15) is 0 Å². The minimum atomic E-state index is -0.420. The minimum absolute atomic E-state index is 0.346. The number of carbonyl (C=O) groups excluding carboxylic acids is 1. The summed E-state index contributed by atoms with van der Waals surface area (Å²) in [5.74, 6) is 0.0566. The molecule has 22 heavy (non-hydrogen) atoms. The first-order chi connectivity index (χ1) is 10.5. The van der Waals surface area contributed by atoms with Crippen LogP contribution in [0.15, 0.2) is 40.1 Å². The third-order valence-corrected chi connectivity index (χ3v) is 4.47. The Morgan fingerprint density at radius 3 is 2.68 bits per heavy atom. The molecular weight excluding hydrogens is 304 g/mol. The van der Waals surface area contributed by atoms with Crippen LogP contribution >= 0.6 is 11.3 Å². The van der Waals surface area contributed by atoms with E-state index < -0.39 is 11.2 Å². The molecule has 0 saturated heterocycles. The average Bonchev–Trinajstić information content (AvgIpc) is 2.97. The second-order valence-corrected chi connectivity index (χ2v) is 5.73. The lowest BCUT2D eigenvalue weighted by Crippen LogP contribution is -2.36. The van der Waals surface area contributed by atoms with E-state index in [4.69, 9.17) is 0 Å². The molecule has 0 fully saturated rings. The summed E-state index contributed by atoms with van der Waals surface area (Å²) in [7, 11) is 2.98. The largest absolute Gasteiger partial charge is 0.331 e. The van der Waals surface area contributed by atoms with Gasteiger partial charge in [-0.3, -0.25) is 18.7 Å². The molecule has 0 aliphatic carbocycles. The van der Waals surface area contributed by atoms with Crippen LogP contribution in [0.1, 0.15) is 9.67 Å². The smallest absolute Gasteiger partial charge is 0.306 e. The van der Waals surface area contributed by atoms with Gasteiger partial charge in [0.2, 0.25) is 0 Å². The van der Waals surface area contributed by atoms with E-state index in [2.05, 4.69) is 10.3 Å². The molecular formula is C14H12N4O3S. The van der Waals surface area contributed by atoms with E-state index in [9.17, 15) is 14.4 Å². The summed E-state index contributed by atoms with van der Waals surface area (Å²) in [6, 6.07) is 6.67. The van der Waals surface area contributed by atoms with Crippen LogP contribution in [0.25, 0.3) is 10.2 Å². The molecule has 0 saturated carbocycles. The molecule has 3 aromatic heterocycles. The first kappa shape index (κ1) is 14.2. The monoisotopic (exact) mass is 316 g/mol. The number of amides is 1. The van der Waals surface area contributed by atoms with Gasteiger partial charge in [0.25, 0.3) is 11.5 Å². The van der Waals surface area contributed by atoms with Gasteiger partial charge in [0, 0.05) is 20.3 Å². The molecule has 1 amide bonds. The van der Waals surface area contributed by atoms with E-state index in [1.165, 1.54) is 17.7 Å². The summed E-state index contributed by atoms with van der Waals surface area (Å²) in [4.78, 5) is 41.1. The second-order valence-electron chi connectivity index (χ2n) is 4.70. The number of aromatic nitrogens is 3. The summed E-state index contributed by atoms with van der Waals surface area (Å²) in [5.41, 5.74) is -0.831. The third-order valence-electron chi connectivity index (χ3n) is 3.26. The topological polar surface area (TPSA) is 86.0 Å². The van der Waals surface area contributed by atoms with E-state index in [0.717, 1.165) is 15.9 Å². The minimum Gasteiger partial charge on any atom is -0.306 e. The van der Waals surface area contributed by atoms with Crippen LogP contribution in [-0.4, -0.2) is 20.0 Å². The van der Waals surface area contributed by atoms with Gasteiger partial charge in [-0.25, -0.2) is 9.78 Å². The zero-order valence-electron chi connectivity index (χ0n) is 11.9. The van der Waals surface area contributed by atoms with E-state index in [0.29, 0.717) is 20.9 Å². The van der Waals surface area contributed by atoms with Gasteiger partial charge in [0.1, 0.15) is 10.6 Å². The molecule has 0 spiro atoms. The van der Waals surface area contributed by atoms with Crippen LogP contribution < -0.4 is 16.6 Å². The number of rotatable bonds is 2. The summed E-state index contributed by atoms with van der Waals surface area (Å²) in [6.45, 7) is 0. The maximum absolute atomic E-state index is 12.2. The van der Waals surface area contributed by atoms with Crippen LogP contribution in [0.2, 0.25) is 0 Å². The maximum Gasteiger partial charge on any atom is 0.331 e. The summed E-state index contributed by atoms with van der Waals surface area (Å²) < 4.78 is 2.38. The molecule has 3 rings (SSSR count). The molecule has 0 radical (unpaired) electrons. The van der Waals surface area contributed by atoms with Crippen molar-refractivity contribution in [3.63, 3.8) is 0 Å². The van der Waals surface area contributed by atoms with Crippen molar-refractivity contribution in [2.45, 2.75) is 0 Å². The Labute approximate surface area is 128 Å². The number of nitrogens with zero attached hydrogens (tertiary/aromatic N) is 3. The van der Waals surface area contributed by atoms with Crippen molar-refractivity contribution in [2.24, 2.45) is 14.1 Å². The van der Waals surface area contributed by atoms with E-state index in [-0.39, 0.29) is 5.91 Å². The van der Waals surface area contributed by atoms with Gasteiger partial charge < -0.3 is 5.32 Å². The number of pyridine rings is 1. The molecule has 8 heteroatoms. The number of thiophene rings is 1. The Kier molecular flexibility index (Phi) is 3.38. The molecule has 0 aliphatic heterocycles. The SMILES string of the molecule is Cn1c(=O)c2cc(C(=O)Nc3ccccn3)sc2n(C)c1=O. The molecule has 7 nitrogen and oxygen atoms in total. The fourth-order valence-corrected chi connectivity index (χ4v) is 3.09. The molecule has 1 N–H and O–H groups in total. The van der Waals surface area contributed by atoms with Gasteiger partial charge in [0.05, 0.1) is 10.3 Å².